The zero-order chi connectivity index (χ0) is 31.1. The SMILES string of the molecule is CC(=O)Nc1nc2c(s1)-c1c(c(-c3cccnc3)nn1-c1ccc(C(=O)N[C@H]3CC[C@H](N4CCN(C)CC4)CC3)cc1Cl)CC2. The van der Waals surface area contributed by atoms with E-state index in [2.05, 4.69) is 32.5 Å². The molecule has 2 aliphatic carbocycles. The van der Waals surface area contributed by atoms with Crippen molar-refractivity contribution in [2.24, 2.45) is 0 Å². The average molecular weight is 645 g/mol. The summed E-state index contributed by atoms with van der Waals surface area (Å²) in [5.74, 6) is -0.263. The lowest BCUT2D eigenvalue weighted by Gasteiger charge is -2.41. The molecule has 2 N–H and O–H groups in total. The number of hydrogen-bond acceptors (Lipinski definition) is 8. The third-order valence-electron chi connectivity index (χ3n) is 9.25. The van der Waals surface area contributed by atoms with Crippen molar-refractivity contribution >= 4 is 39.9 Å². The molecule has 1 aromatic carbocycles. The van der Waals surface area contributed by atoms with E-state index < -0.39 is 0 Å². The van der Waals surface area contributed by atoms with Gasteiger partial charge in [-0.2, -0.15) is 5.10 Å². The molecule has 0 unspecified atom stereocenters. The number of aromatic nitrogens is 4. The number of piperazine rings is 1. The maximum absolute atomic E-state index is 13.4. The molecular weight excluding hydrogens is 608 g/mol. The number of nitrogens with zero attached hydrogens (tertiary/aromatic N) is 6. The van der Waals surface area contributed by atoms with Crippen molar-refractivity contribution in [3.05, 3.63) is 64.6 Å². The summed E-state index contributed by atoms with van der Waals surface area (Å²) >= 11 is 8.37. The van der Waals surface area contributed by atoms with Gasteiger partial charge in [-0.15, -0.1) is 0 Å². The molecule has 234 valence electrons. The van der Waals surface area contributed by atoms with Crippen molar-refractivity contribution in [2.75, 3.05) is 38.5 Å². The fraction of sp³-hybridized carbons (Fsp3) is 0.424. The summed E-state index contributed by atoms with van der Waals surface area (Å²) in [7, 11) is 2.19. The van der Waals surface area contributed by atoms with Crippen LogP contribution in [0.25, 0.3) is 27.5 Å². The van der Waals surface area contributed by atoms with E-state index in [0.717, 1.165) is 97.8 Å². The van der Waals surface area contributed by atoms with Gasteiger partial charge in [0, 0.05) is 74.3 Å². The molecular formula is C33H37ClN8O2S. The van der Waals surface area contributed by atoms with Gasteiger partial charge in [-0.25, -0.2) is 9.67 Å². The molecule has 4 heterocycles. The molecule has 0 atom stereocenters. The third-order valence-corrected chi connectivity index (χ3v) is 10.6. The first kappa shape index (κ1) is 30.0. The minimum atomic E-state index is -0.161. The van der Waals surface area contributed by atoms with Gasteiger partial charge >= 0.3 is 0 Å². The van der Waals surface area contributed by atoms with Crippen molar-refractivity contribution in [3.63, 3.8) is 0 Å². The summed E-state index contributed by atoms with van der Waals surface area (Å²) in [6.07, 6.45) is 9.24. The number of hydrogen-bond donors (Lipinski definition) is 2. The highest BCUT2D eigenvalue weighted by molar-refractivity contribution is 7.19. The van der Waals surface area contributed by atoms with E-state index in [0.29, 0.717) is 27.4 Å². The zero-order valence-electron chi connectivity index (χ0n) is 25.6. The maximum Gasteiger partial charge on any atom is 0.251 e. The van der Waals surface area contributed by atoms with Gasteiger partial charge in [0.2, 0.25) is 5.91 Å². The lowest BCUT2D eigenvalue weighted by atomic mass is 9.89. The Kier molecular flexibility index (Phi) is 8.43. The van der Waals surface area contributed by atoms with E-state index in [-0.39, 0.29) is 17.9 Å². The number of fused-ring (bicyclic) bond motifs is 3. The molecule has 12 heteroatoms. The number of thiazole rings is 1. The van der Waals surface area contributed by atoms with Crippen LogP contribution in [0.4, 0.5) is 5.13 Å². The van der Waals surface area contributed by atoms with E-state index in [1.807, 2.05) is 35.1 Å². The first-order chi connectivity index (χ1) is 21.8. The number of aryl methyl sites for hydroxylation is 1. The molecule has 2 fully saturated rings. The van der Waals surface area contributed by atoms with E-state index in [9.17, 15) is 9.59 Å². The largest absolute Gasteiger partial charge is 0.349 e. The van der Waals surface area contributed by atoms with Crippen molar-refractivity contribution < 1.29 is 9.59 Å². The van der Waals surface area contributed by atoms with Gasteiger partial charge in [0.25, 0.3) is 5.91 Å². The van der Waals surface area contributed by atoms with Crippen molar-refractivity contribution in [2.45, 2.75) is 57.5 Å². The Balaban J connectivity index is 1.13. The van der Waals surface area contributed by atoms with Gasteiger partial charge in [0.15, 0.2) is 5.13 Å². The summed E-state index contributed by atoms with van der Waals surface area (Å²) < 4.78 is 1.86. The molecule has 1 saturated heterocycles. The fourth-order valence-electron chi connectivity index (χ4n) is 6.84. The number of anilines is 1. The van der Waals surface area contributed by atoms with E-state index in [1.54, 1.807) is 12.3 Å². The molecule has 1 saturated carbocycles. The van der Waals surface area contributed by atoms with Crippen molar-refractivity contribution in [1.82, 2.24) is 34.9 Å². The van der Waals surface area contributed by atoms with Gasteiger partial charge in [-0.1, -0.05) is 22.9 Å². The van der Waals surface area contributed by atoms with Crippen LogP contribution in [-0.2, 0) is 17.6 Å². The van der Waals surface area contributed by atoms with Gasteiger partial charge in [-0.05, 0) is 75.9 Å². The van der Waals surface area contributed by atoms with Crippen LogP contribution in [0.5, 0.6) is 0 Å². The van der Waals surface area contributed by atoms with Crippen LogP contribution < -0.4 is 10.6 Å². The number of carbonyl (C=O) groups is 2. The lowest BCUT2D eigenvalue weighted by molar-refractivity contribution is -0.114. The number of benzene rings is 1. The van der Waals surface area contributed by atoms with Crippen LogP contribution >= 0.6 is 22.9 Å². The number of halogens is 1. The van der Waals surface area contributed by atoms with E-state index in [4.69, 9.17) is 21.7 Å². The number of pyridine rings is 1. The highest BCUT2D eigenvalue weighted by Gasteiger charge is 2.31. The minimum absolute atomic E-state index is 0.102. The number of carbonyl (C=O) groups excluding carboxylic acids is 2. The van der Waals surface area contributed by atoms with Crippen molar-refractivity contribution in [3.8, 4) is 27.5 Å². The maximum atomic E-state index is 13.4. The molecule has 3 aliphatic rings. The molecule has 4 aromatic rings. The average Bonchev–Trinajstić information content (AvgIpc) is 3.63. The van der Waals surface area contributed by atoms with Crippen LogP contribution in [0.15, 0.2) is 42.7 Å². The van der Waals surface area contributed by atoms with Crippen LogP contribution in [0.3, 0.4) is 0 Å². The second-order valence-corrected chi connectivity index (χ2v) is 13.7. The molecule has 7 rings (SSSR count). The van der Waals surface area contributed by atoms with E-state index in [1.165, 1.54) is 18.3 Å². The monoisotopic (exact) mass is 644 g/mol. The lowest BCUT2D eigenvalue weighted by Crippen LogP contribution is -2.51. The van der Waals surface area contributed by atoms with Crippen LogP contribution in [0.1, 0.15) is 54.2 Å². The molecule has 3 aromatic heterocycles. The highest BCUT2D eigenvalue weighted by atomic mass is 35.5. The van der Waals surface area contributed by atoms with Crippen LogP contribution in [-0.4, -0.2) is 86.7 Å². The van der Waals surface area contributed by atoms with Crippen molar-refractivity contribution in [1.29, 1.82) is 0 Å². The molecule has 0 spiro atoms. The predicted molar refractivity (Wildman–Crippen MR) is 177 cm³/mol. The summed E-state index contributed by atoms with van der Waals surface area (Å²) in [4.78, 5) is 40.1. The van der Waals surface area contributed by atoms with Gasteiger partial charge in [-0.3, -0.25) is 19.5 Å². The number of nitrogens with one attached hydrogen (secondary N) is 2. The third kappa shape index (κ3) is 6.14. The Morgan fingerprint density at radius 2 is 1.84 bits per heavy atom. The summed E-state index contributed by atoms with van der Waals surface area (Å²) in [5.41, 5.74) is 5.86. The standard InChI is InChI=1S/C33H37ClN8O2S/c1-20(43)36-33-38-27-11-10-25-29(22-4-3-13-35-19-22)39-42(30(25)31(27)45-33)28-12-5-21(18-26(28)34)32(44)37-23-6-8-24(9-7-23)41-16-14-40(2)15-17-41/h3-5,12-13,18-19,23-24H,6-11,14-17H2,1-2H3,(H,37,44)(H,36,38,43)/t23-,24-. The second-order valence-electron chi connectivity index (χ2n) is 12.3. The molecule has 10 nitrogen and oxygen atoms in total. The molecule has 0 bridgehead atoms. The normalized spacial score (nSPS) is 20.3. The minimum Gasteiger partial charge on any atom is -0.349 e. The Morgan fingerprint density at radius 3 is 2.56 bits per heavy atom. The Bertz CT molecular complexity index is 1720. The smallest absolute Gasteiger partial charge is 0.251 e. The quantitative estimate of drug-likeness (QED) is 0.302. The number of likely N-dealkylation sites (N-methyl/N-ethyl adjacent to an activating group) is 1. The molecule has 2 amide bonds. The topological polar surface area (TPSA) is 108 Å². The van der Waals surface area contributed by atoms with Gasteiger partial charge in [0.1, 0.15) is 0 Å². The fourth-order valence-corrected chi connectivity index (χ4v) is 8.22. The summed E-state index contributed by atoms with van der Waals surface area (Å²) in [5, 5.41) is 12.1. The highest BCUT2D eigenvalue weighted by Crippen LogP contribution is 2.44. The molecule has 0 radical (unpaired) electrons. The van der Waals surface area contributed by atoms with Gasteiger partial charge in [0.05, 0.1) is 32.7 Å². The number of amides is 2. The molecule has 45 heavy (non-hydrogen) atoms. The molecule has 1 aliphatic heterocycles. The second kappa shape index (κ2) is 12.6. The Morgan fingerprint density at radius 1 is 1.04 bits per heavy atom. The van der Waals surface area contributed by atoms with E-state index >= 15 is 0 Å². The van der Waals surface area contributed by atoms with Gasteiger partial charge < -0.3 is 15.5 Å². The number of rotatable bonds is 6. The Labute approximate surface area is 271 Å². The first-order valence-electron chi connectivity index (χ1n) is 15.7. The summed E-state index contributed by atoms with van der Waals surface area (Å²) in [6, 6.07) is 10.1. The van der Waals surface area contributed by atoms with Crippen LogP contribution in [0.2, 0.25) is 5.02 Å². The predicted octanol–water partition coefficient (Wildman–Crippen LogP) is 5.06. The first-order valence-corrected chi connectivity index (χ1v) is 16.9. The summed E-state index contributed by atoms with van der Waals surface area (Å²) in [6.45, 7) is 6.00. The Hall–Kier alpha value is -3.64. The van der Waals surface area contributed by atoms with Crippen LogP contribution in [0, 0.1) is 0 Å². The zero-order valence-corrected chi connectivity index (χ0v) is 27.1.